The van der Waals surface area contributed by atoms with Crippen molar-refractivity contribution in [2.45, 2.75) is 6.04 Å². The normalized spacial score (nSPS) is 20.2. The lowest BCUT2D eigenvalue weighted by Crippen LogP contribution is -2.51. The molecule has 0 spiro atoms. The summed E-state index contributed by atoms with van der Waals surface area (Å²) in [5, 5.41) is 2.56. The Morgan fingerprint density at radius 1 is 1.53 bits per heavy atom. The Bertz CT molecular complexity index is 442. The van der Waals surface area contributed by atoms with Crippen LogP contribution in [0, 0.1) is 5.82 Å². The number of para-hydroxylation sites is 1. The number of rotatable bonds is 4. The lowest BCUT2D eigenvalue weighted by atomic mass is 10.2. The highest BCUT2D eigenvalue weighted by molar-refractivity contribution is 5.92. The zero-order valence-electron chi connectivity index (χ0n) is 10.6. The minimum atomic E-state index is -0.437. The van der Waals surface area contributed by atoms with E-state index in [1.807, 2.05) is 4.90 Å². The second-order valence-corrected chi connectivity index (χ2v) is 4.46. The molecule has 1 atom stereocenters. The van der Waals surface area contributed by atoms with Crippen molar-refractivity contribution in [2.24, 2.45) is 5.73 Å². The van der Waals surface area contributed by atoms with Gasteiger partial charge in [-0.2, -0.15) is 0 Å². The van der Waals surface area contributed by atoms with Crippen LogP contribution in [0.1, 0.15) is 0 Å². The van der Waals surface area contributed by atoms with Crippen LogP contribution >= 0.6 is 0 Å². The third-order valence-electron chi connectivity index (χ3n) is 3.12. The predicted molar refractivity (Wildman–Crippen MR) is 70.3 cm³/mol. The van der Waals surface area contributed by atoms with Gasteiger partial charge >= 0.3 is 0 Å². The molecule has 1 heterocycles. The molecule has 1 aliphatic heterocycles. The van der Waals surface area contributed by atoms with Crippen LogP contribution in [-0.4, -0.2) is 49.7 Å². The number of nitrogens with two attached hydrogens (primary N) is 1. The Hall–Kier alpha value is -1.50. The second kappa shape index (κ2) is 6.60. The molecule has 0 radical (unpaired) electrons. The molecule has 2 rings (SSSR count). The molecule has 1 aliphatic rings. The van der Waals surface area contributed by atoms with Crippen LogP contribution in [0.25, 0.3) is 0 Å². The minimum Gasteiger partial charge on any atom is -0.378 e. The molecule has 5 nitrogen and oxygen atoms in total. The first-order chi connectivity index (χ1) is 9.20. The topological polar surface area (TPSA) is 67.6 Å². The van der Waals surface area contributed by atoms with E-state index < -0.39 is 5.82 Å². The van der Waals surface area contributed by atoms with Crippen LogP contribution in [0.2, 0.25) is 0 Å². The van der Waals surface area contributed by atoms with E-state index >= 15 is 0 Å². The first kappa shape index (κ1) is 13.9. The number of morpholine rings is 1. The molecular weight excluding hydrogens is 249 g/mol. The Balaban J connectivity index is 1.92. The molecule has 0 saturated carbocycles. The number of nitrogens with zero attached hydrogens (tertiary/aromatic N) is 1. The zero-order valence-corrected chi connectivity index (χ0v) is 10.6. The van der Waals surface area contributed by atoms with Gasteiger partial charge < -0.3 is 15.8 Å². The first-order valence-corrected chi connectivity index (χ1v) is 6.27. The fourth-order valence-electron chi connectivity index (χ4n) is 2.05. The van der Waals surface area contributed by atoms with Crippen molar-refractivity contribution in [3.63, 3.8) is 0 Å². The highest BCUT2D eigenvalue weighted by Crippen LogP contribution is 2.13. The maximum atomic E-state index is 13.4. The summed E-state index contributed by atoms with van der Waals surface area (Å²) in [7, 11) is 0. The molecular formula is C13H18FN3O2. The zero-order chi connectivity index (χ0) is 13.7. The Kier molecular flexibility index (Phi) is 4.84. The molecule has 19 heavy (non-hydrogen) atoms. The fraction of sp³-hybridized carbons (Fsp3) is 0.462. The summed E-state index contributed by atoms with van der Waals surface area (Å²) in [6, 6.07) is 6.15. The Labute approximate surface area is 111 Å². The van der Waals surface area contributed by atoms with Gasteiger partial charge in [-0.15, -0.1) is 0 Å². The predicted octanol–water partition coefficient (Wildman–Crippen LogP) is 0.424. The molecule has 0 aromatic heterocycles. The highest BCUT2D eigenvalue weighted by atomic mass is 19.1. The monoisotopic (exact) mass is 267 g/mol. The number of ether oxygens (including phenoxy) is 1. The van der Waals surface area contributed by atoms with Gasteiger partial charge in [0.1, 0.15) is 5.82 Å². The van der Waals surface area contributed by atoms with E-state index in [0.717, 1.165) is 0 Å². The van der Waals surface area contributed by atoms with Gasteiger partial charge in [0.15, 0.2) is 0 Å². The number of carbonyl (C=O) groups is 1. The summed E-state index contributed by atoms with van der Waals surface area (Å²) in [5.41, 5.74) is 5.83. The van der Waals surface area contributed by atoms with Gasteiger partial charge in [-0.05, 0) is 12.1 Å². The van der Waals surface area contributed by atoms with Crippen LogP contribution in [-0.2, 0) is 9.53 Å². The van der Waals surface area contributed by atoms with Crippen LogP contribution in [0.15, 0.2) is 24.3 Å². The van der Waals surface area contributed by atoms with Gasteiger partial charge in [-0.3, -0.25) is 9.69 Å². The number of anilines is 1. The summed E-state index contributed by atoms with van der Waals surface area (Å²) in [6.45, 7) is 2.41. The van der Waals surface area contributed by atoms with E-state index in [4.69, 9.17) is 10.5 Å². The lowest BCUT2D eigenvalue weighted by molar-refractivity contribution is -0.119. The average molecular weight is 267 g/mol. The number of carbonyl (C=O) groups excluding carboxylic acids is 1. The van der Waals surface area contributed by atoms with Gasteiger partial charge in [-0.25, -0.2) is 4.39 Å². The number of hydrogen-bond acceptors (Lipinski definition) is 4. The Morgan fingerprint density at radius 3 is 3.05 bits per heavy atom. The van der Waals surface area contributed by atoms with E-state index in [-0.39, 0.29) is 24.2 Å². The van der Waals surface area contributed by atoms with Crippen molar-refractivity contribution in [1.29, 1.82) is 0 Å². The lowest BCUT2D eigenvalue weighted by Gasteiger charge is -2.34. The van der Waals surface area contributed by atoms with Gasteiger partial charge in [0.05, 0.1) is 25.4 Å². The number of benzene rings is 1. The van der Waals surface area contributed by atoms with Crippen LogP contribution < -0.4 is 11.1 Å². The van der Waals surface area contributed by atoms with E-state index in [1.165, 1.54) is 12.1 Å². The molecule has 104 valence electrons. The maximum absolute atomic E-state index is 13.4. The SMILES string of the molecule is NCC1COCCN1CC(=O)Nc1ccccc1F. The molecule has 0 aliphatic carbocycles. The van der Waals surface area contributed by atoms with E-state index in [1.54, 1.807) is 12.1 Å². The number of halogens is 1. The molecule has 1 fully saturated rings. The van der Waals surface area contributed by atoms with Crippen molar-refractivity contribution in [3.05, 3.63) is 30.1 Å². The average Bonchev–Trinajstić information content (AvgIpc) is 2.42. The minimum absolute atomic E-state index is 0.0418. The Morgan fingerprint density at radius 2 is 2.32 bits per heavy atom. The highest BCUT2D eigenvalue weighted by Gasteiger charge is 2.23. The fourth-order valence-corrected chi connectivity index (χ4v) is 2.05. The van der Waals surface area contributed by atoms with E-state index in [0.29, 0.717) is 26.3 Å². The standard InChI is InChI=1S/C13H18FN3O2/c14-11-3-1-2-4-12(11)16-13(18)8-17-5-6-19-9-10(17)7-15/h1-4,10H,5-9,15H2,(H,16,18). The third kappa shape index (κ3) is 3.73. The summed E-state index contributed by atoms with van der Waals surface area (Å²) in [5.74, 6) is -0.682. The van der Waals surface area contributed by atoms with Crippen molar-refractivity contribution >= 4 is 11.6 Å². The van der Waals surface area contributed by atoms with E-state index in [2.05, 4.69) is 5.32 Å². The maximum Gasteiger partial charge on any atom is 0.238 e. The molecule has 1 amide bonds. The summed E-state index contributed by atoms with van der Waals surface area (Å²) in [4.78, 5) is 13.9. The van der Waals surface area contributed by atoms with Gasteiger partial charge in [-0.1, -0.05) is 12.1 Å². The molecule has 1 unspecified atom stereocenters. The number of amides is 1. The smallest absolute Gasteiger partial charge is 0.238 e. The third-order valence-corrected chi connectivity index (χ3v) is 3.12. The molecule has 1 saturated heterocycles. The summed E-state index contributed by atoms with van der Waals surface area (Å²) in [6.07, 6.45) is 0. The second-order valence-electron chi connectivity index (χ2n) is 4.46. The quantitative estimate of drug-likeness (QED) is 0.830. The molecule has 3 N–H and O–H groups in total. The largest absolute Gasteiger partial charge is 0.378 e. The molecule has 6 heteroatoms. The van der Waals surface area contributed by atoms with Crippen LogP contribution in [0.4, 0.5) is 10.1 Å². The van der Waals surface area contributed by atoms with Crippen molar-refractivity contribution in [3.8, 4) is 0 Å². The number of hydrogen-bond donors (Lipinski definition) is 2. The van der Waals surface area contributed by atoms with E-state index in [9.17, 15) is 9.18 Å². The van der Waals surface area contributed by atoms with Crippen molar-refractivity contribution in [2.75, 3.05) is 38.2 Å². The molecule has 1 aromatic carbocycles. The first-order valence-electron chi connectivity index (χ1n) is 6.27. The summed E-state index contributed by atoms with van der Waals surface area (Å²) >= 11 is 0. The van der Waals surface area contributed by atoms with Gasteiger partial charge in [0, 0.05) is 19.1 Å². The van der Waals surface area contributed by atoms with Gasteiger partial charge in [0.2, 0.25) is 5.91 Å². The summed E-state index contributed by atoms with van der Waals surface area (Å²) < 4.78 is 18.7. The van der Waals surface area contributed by atoms with Crippen molar-refractivity contribution in [1.82, 2.24) is 4.90 Å². The van der Waals surface area contributed by atoms with Crippen LogP contribution in [0.3, 0.4) is 0 Å². The van der Waals surface area contributed by atoms with Crippen LogP contribution in [0.5, 0.6) is 0 Å². The molecule has 1 aromatic rings. The number of nitrogens with one attached hydrogen (secondary N) is 1. The van der Waals surface area contributed by atoms with Crippen molar-refractivity contribution < 1.29 is 13.9 Å². The molecule has 0 bridgehead atoms. The van der Waals surface area contributed by atoms with Gasteiger partial charge in [0.25, 0.3) is 0 Å².